The van der Waals surface area contributed by atoms with Crippen LogP contribution in [0.15, 0.2) is 23.2 Å². The van der Waals surface area contributed by atoms with Crippen LogP contribution in [-0.2, 0) is 0 Å². The van der Waals surface area contributed by atoms with Crippen molar-refractivity contribution in [1.29, 1.82) is 0 Å². The molecule has 3 heteroatoms. The molecule has 1 aromatic heterocycles. The van der Waals surface area contributed by atoms with Gasteiger partial charge in [0.05, 0.1) is 5.03 Å². The third-order valence-electron chi connectivity index (χ3n) is 1.10. The van der Waals surface area contributed by atoms with Gasteiger partial charge >= 0.3 is 0 Å². The Hall–Kier alpha value is -0.570. The second kappa shape index (κ2) is 3.44. The highest BCUT2D eigenvalue weighted by atomic mass is 32.2. The highest BCUT2D eigenvalue weighted by Crippen LogP contribution is 2.29. The fourth-order valence-corrected chi connectivity index (χ4v) is 1.67. The van der Waals surface area contributed by atoms with Crippen molar-refractivity contribution in [2.75, 3.05) is 0 Å². The predicted octanol–water partition coefficient (Wildman–Crippen LogP) is 3.11. The van der Waals surface area contributed by atoms with Gasteiger partial charge in [-0.25, -0.2) is 4.98 Å². The van der Waals surface area contributed by atoms with Crippen LogP contribution in [0.2, 0.25) is 0 Å². The van der Waals surface area contributed by atoms with Crippen molar-refractivity contribution >= 4 is 11.8 Å². The molecule has 0 amide bonds. The van der Waals surface area contributed by atoms with Gasteiger partial charge in [-0.1, -0.05) is 26.8 Å². The third-order valence-corrected chi connectivity index (χ3v) is 2.15. The van der Waals surface area contributed by atoms with E-state index in [0.717, 1.165) is 5.03 Å². The van der Waals surface area contributed by atoms with Crippen molar-refractivity contribution in [3.63, 3.8) is 0 Å². The van der Waals surface area contributed by atoms with Crippen LogP contribution < -0.4 is 0 Å². The Balaban J connectivity index is 2.77. The van der Waals surface area contributed by atoms with Crippen LogP contribution in [0, 0.1) is 5.95 Å². The van der Waals surface area contributed by atoms with Gasteiger partial charge in [-0.3, -0.25) is 0 Å². The van der Waals surface area contributed by atoms with E-state index in [9.17, 15) is 4.39 Å². The average Bonchev–Trinajstić information content (AvgIpc) is 1.82. The van der Waals surface area contributed by atoms with Gasteiger partial charge in [0.2, 0.25) is 5.95 Å². The first-order chi connectivity index (χ1) is 5.47. The molecule has 0 saturated carbocycles. The van der Waals surface area contributed by atoms with E-state index in [-0.39, 0.29) is 4.75 Å². The van der Waals surface area contributed by atoms with E-state index in [4.69, 9.17) is 0 Å². The summed E-state index contributed by atoms with van der Waals surface area (Å²) in [5.41, 5.74) is 0. The van der Waals surface area contributed by atoms with Gasteiger partial charge in [-0.05, 0) is 12.1 Å². The molecule has 0 aliphatic heterocycles. The van der Waals surface area contributed by atoms with Crippen LogP contribution in [0.3, 0.4) is 0 Å². The van der Waals surface area contributed by atoms with Crippen LogP contribution in [0.1, 0.15) is 20.8 Å². The van der Waals surface area contributed by atoms with E-state index in [1.165, 1.54) is 6.07 Å². The van der Waals surface area contributed by atoms with Crippen LogP contribution in [0.5, 0.6) is 0 Å². The fourth-order valence-electron chi connectivity index (χ4n) is 0.760. The molecular weight excluding hydrogens is 173 g/mol. The van der Waals surface area contributed by atoms with Gasteiger partial charge in [0.15, 0.2) is 0 Å². The molecule has 0 spiro atoms. The van der Waals surface area contributed by atoms with Crippen LogP contribution in [0.25, 0.3) is 0 Å². The van der Waals surface area contributed by atoms with E-state index in [1.54, 1.807) is 17.8 Å². The monoisotopic (exact) mass is 185 g/mol. The number of thioether (sulfide) groups is 1. The Morgan fingerprint density at radius 1 is 1.33 bits per heavy atom. The molecule has 1 aromatic rings. The number of halogens is 1. The molecule has 1 rings (SSSR count). The normalized spacial score (nSPS) is 11.7. The first-order valence-electron chi connectivity index (χ1n) is 3.79. The van der Waals surface area contributed by atoms with Crippen molar-refractivity contribution in [3.8, 4) is 0 Å². The summed E-state index contributed by atoms with van der Waals surface area (Å²) in [4.78, 5) is 3.75. The minimum atomic E-state index is -0.413. The minimum Gasteiger partial charge on any atom is -0.213 e. The van der Waals surface area contributed by atoms with Crippen molar-refractivity contribution in [1.82, 2.24) is 4.98 Å². The van der Waals surface area contributed by atoms with Gasteiger partial charge in [-0.2, -0.15) is 4.39 Å². The highest BCUT2D eigenvalue weighted by molar-refractivity contribution is 8.00. The predicted molar refractivity (Wildman–Crippen MR) is 49.8 cm³/mol. The van der Waals surface area contributed by atoms with Gasteiger partial charge < -0.3 is 0 Å². The Morgan fingerprint density at radius 3 is 2.50 bits per heavy atom. The summed E-state index contributed by atoms with van der Waals surface area (Å²) in [5.74, 6) is -0.413. The van der Waals surface area contributed by atoms with Gasteiger partial charge in [-0.15, -0.1) is 11.8 Å². The van der Waals surface area contributed by atoms with Gasteiger partial charge in [0.25, 0.3) is 0 Å². The number of pyridine rings is 1. The third kappa shape index (κ3) is 3.22. The summed E-state index contributed by atoms with van der Waals surface area (Å²) in [6.07, 6.45) is 0. The lowest BCUT2D eigenvalue weighted by molar-refractivity contribution is 0.572. The Bertz CT molecular complexity index is 267. The SMILES string of the molecule is CC(C)(C)Sc1cccc(F)n1. The lowest BCUT2D eigenvalue weighted by atomic mass is 10.3. The Kier molecular flexibility index (Phi) is 2.73. The molecule has 0 fully saturated rings. The van der Waals surface area contributed by atoms with Gasteiger partial charge in [0.1, 0.15) is 0 Å². The summed E-state index contributed by atoms with van der Waals surface area (Å²) in [5, 5.41) is 0.738. The van der Waals surface area contributed by atoms with E-state index < -0.39 is 5.95 Å². The molecule has 0 unspecified atom stereocenters. The van der Waals surface area contributed by atoms with E-state index in [1.807, 2.05) is 6.07 Å². The Labute approximate surface area is 76.4 Å². The van der Waals surface area contributed by atoms with Crippen molar-refractivity contribution in [2.45, 2.75) is 30.5 Å². The first kappa shape index (κ1) is 9.52. The molecule has 0 aromatic carbocycles. The maximum absolute atomic E-state index is 12.6. The van der Waals surface area contributed by atoms with E-state index >= 15 is 0 Å². The molecule has 1 nitrogen and oxygen atoms in total. The number of nitrogens with zero attached hydrogens (tertiary/aromatic N) is 1. The van der Waals surface area contributed by atoms with Crippen LogP contribution >= 0.6 is 11.8 Å². The molecule has 66 valence electrons. The van der Waals surface area contributed by atoms with Crippen molar-refractivity contribution < 1.29 is 4.39 Å². The summed E-state index contributed by atoms with van der Waals surface area (Å²) >= 11 is 1.56. The number of hydrogen-bond donors (Lipinski definition) is 0. The largest absolute Gasteiger partial charge is 0.213 e. The zero-order valence-electron chi connectivity index (χ0n) is 7.47. The smallest absolute Gasteiger partial charge is 0.213 e. The van der Waals surface area contributed by atoms with Crippen molar-refractivity contribution in [2.24, 2.45) is 0 Å². The standard InChI is InChI=1S/C9H12FNS/c1-9(2,3)12-8-6-4-5-7(10)11-8/h4-6H,1-3H3. The zero-order chi connectivity index (χ0) is 9.19. The van der Waals surface area contributed by atoms with Crippen LogP contribution in [-0.4, -0.2) is 9.73 Å². The first-order valence-corrected chi connectivity index (χ1v) is 4.60. The maximum Gasteiger partial charge on any atom is 0.213 e. The summed E-state index contributed by atoms with van der Waals surface area (Å²) in [7, 11) is 0. The van der Waals surface area contributed by atoms with Gasteiger partial charge in [0, 0.05) is 4.75 Å². The second-order valence-electron chi connectivity index (χ2n) is 3.51. The molecule has 0 saturated heterocycles. The molecule has 0 aliphatic rings. The van der Waals surface area contributed by atoms with Crippen LogP contribution in [0.4, 0.5) is 4.39 Å². The molecule has 0 aliphatic carbocycles. The molecule has 12 heavy (non-hydrogen) atoms. The molecule has 1 heterocycles. The molecule has 0 radical (unpaired) electrons. The summed E-state index contributed by atoms with van der Waals surface area (Å²) in [6, 6.07) is 4.85. The number of hydrogen-bond acceptors (Lipinski definition) is 2. The Morgan fingerprint density at radius 2 is 2.00 bits per heavy atom. The average molecular weight is 185 g/mol. The van der Waals surface area contributed by atoms with E-state index in [0.29, 0.717) is 0 Å². The minimum absolute atomic E-state index is 0.0841. The molecule has 0 N–H and O–H groups in total. The summed E-state index contributed by atoms with van der Waals surface area (Å²) in [6.45, 7) is 6.22. The second-order valence-corrected chi connectivity index (χ2v) is 5.36. The quantitative estimate of drug-likeness (QED) is 0.492. The molecular formula is C9H12FNS. The lowest BCUT2D eigenvalue weighted by Gasteiger charge is -2.16. The number of rotatable bonds is 1. The molecule has 0 atom stereocenters. The van der Waals surface area contributed by atoms with Crippen molar-refractivity contribution in [3.05, 3.63) is 24.1 Å². The number of aromatic nitrogens is 1. The summed E-state index contributed by atoms with van der Waals surface area (Å²) < 4.78 is 12.7. The lowest BCUT2D eigenvalue weighted by Crippen LogP contribution is -2.07. The molecule has 0 bridgehead atoms. The highest BCUT2D eigenvalue weighted by Gasteiger charge is 2.12. The zero-order valence-corrected chi connectivity index (χ0v) is 8.28. The fraction of sp³-hybridized carbons (Fsp3) is 0.444. The topological polar surface area (TPSA) is 12.9 Å². The van der Waals surface area contributed by atoms with E-state index in [2.05, 4.69) is 25.8 Å². The maximum atomic E-state index is 12.6.